The molecule has 28 heavy (non-hydrogen) atoms. The fourth-order valence-electron chi connectivity index (χ4n) is 2.63. The molecule has 0 bridgehead atoms. The molecule has 0 fully saturated rings. The van der Waals surface area contributed by atoms with Crippen molar-refractivity contribution in [1.82, 2.24) is 10.6 Å². The van der Waals surface area contributed by atoms with Crippen LogP contribution in [0.5, 0.6) is 5.75 Å². The van der Waals surface area contributed by atoms with E-state index in [0.29, 0.717) is 12.0 Å². The van der Waals surface area contributed by atoms with E-state index >= 15 is 0 Å². The van der Waals surface area contributed by atoms with E-state index in [2.05, 4.69) is 15.4 Å². The molecule has 0 aromatic heterocycles. The molecular weight excluding hydrogens is 377 g/mol. The molecule has 0 saturated heterocycles. The van der Waals surface area contributed by atoms with Gasteiger partial charge in [-0.15, -0.1) is 13.2 Å². The Balaban J connectivity index is 1.86. The monoisotopic (exact) mass is 398 g/mol. The first kappa shape index (κ1) is 21.5. The lowest BCUT2D eigenvalue weighted by Gasteiger charge is -2.23. The molecule has 2 aromatic rings. The predicted octanol–water partition coefficient (Wildman–Crippen LogP) is 2.91. The summed E-state index contributed by atoms with van der Waals surface area (Å²) in [6.45, 7) is 0.382. The van der Waals surface area contributed by atoms with E-state index in [4.69, 9.17) is 5.11 Å². The van der Waals surface area contributed by atoms with Crippen LogP contribution in [-0.2, 0) is 13.0 Å². The molecular formula is C19H21F3N2O4. The molecule has 0 saturated carbocycles. The Labute approximate surface area is 160 Å². The van der Waals surface area contributed by atoms with Crippen molar-refractivity contribution in [2.75, 3.05) is 6.54 Å². The average molecular weight is 398 g/mol. The number of nitrogens with one attached hydrogen (secondary N) is 2. The Morgan fingerprint density at radius 2 is 1.68 bits per heavy atom. The van der Waals surface area contributed by atoms with Gasteiger partial charge >= 0.3 is 12.5 Å². The number of benzene rings is 2. The third kappa shape index (κ3) is 7.85. The van der Waals surface area contributed by atoms with Crippen LogP contribution >= 0.6 is 0 Å². The summed E-state index contributed by atoms with van der Waals surface area (Å²) in [5, 5.41) is 24.6. The Hall–Kier alpha value is -2.78. The second-order valence-electron chi connectivity index (χ2n) is 6.14. The largest absolute Gasteiger partial charge is 0.573 e. The zero-order valence-corrected chi connectivity index (χ0v) is 14.8. The van der Waals surface area contributed by atoms with Gasteiger partial charge < -0.3 is 25.6 Å². The van der Waals surface area contributed by atoms with Gasteiger partial charge in [-0.3, -0.25) is 0 Å². The molecule has 1 amide bonds. The molecule has 4 N–H and O–H groups in total. The lowest BCUT2D eigenvalue weighted by Crippen LogP contribution is -2.48. The van der Waals surface area contributed by atoms with Gasteiger partial charge in [0.15, 0.2) is 0 Å². The standard InChI is InChI=1S/C19H21F3N2O4/c20-19(21,22)28-15-8-6-14(7-9-15)11-23-12-17(25)16(24-18(26)27)10-13-4-2-1-3-5-13/h1-9,16-17,23-25H,10-12H2,(H,26,27)/t16-,17+/m0/s1. The summed E-state index contributed by atoms with van der Waals surface area (Å²) in [7, 11) is 0. The summed E-state index contributed by atoms with van der Waals surface area (Å²) in [4.78, 5) is 11.0. The minimum Gasteiger partial charge on any atom is -0.465 e. The highest BCUT2D eigenvalue weighted by Crippen LogP contribution is 2.22. The second-order valence-corrected chi connectivity index (χ2v) is 6.14. The van der Waals surface area contributed by atoms with Crippen LogP contribution in [0.2, 0.25) is 0 Å². The summed E-state index contributed by atoms with van der Waals surface area (Å²) in [5.74, 6) is -0.315. The van der Waals surface area contributed by atoms with Gasteiger partial charge in [-0.05, 0) is 29.7 Å². The lowest BCUT2D eigenvalue weighted by atomic mass is 10.0. The smallest absolute Gasteiger partial charge is 0.465 e. The number of aliphatic hydroxyl groups excluding tert-OH is 1. The maximum Gasteiger partial charge on any atom is 0.573 e. The molecule has 2 atom stereocenters. The van der Waals surface area contributed by atoms with E-state index < -0.39 is 24.6 Å². The molecule has 0 aliphatic heterocycles. The molecule has 152 valence electrons. The number of aliphatic hydroxyl groups is 1. The topological polar surface area (TPSA) is 90.8 Å². The maximum atomic E-state index is 12.1. The van der Waals surface area contributed by atoms with Crippen LogP contribution in [0.15, 0.2) is 54.6 Å². The molecule has 0 aliphatic rings. The third-order valence-corrected chi connectivity index (χ3v) is 3.91. The molecule has 0 heterocycles. The van der Waals surface area contributed by atoms with Gasteiger partial charge in [0.1, 0.15) is 5.75 Å². The zero-order chi connectivity index (χ0) is 20.6. The number of hydrogen-bond donors (Lipinski definition) is 4. The third-order valence-electron chi connectivity index (χ3n) is 3.91. The Kier molecular flexibility index (Phi) is 7.65. The molecule has 6 nitrogen and oxygen atoms in total. The minimum atomic E-state index is -4.74. The van der Waals surface area contributed by atoms with Crippen molar-refractivity contribution in [3.05, 3.63) is 65.7 Å². The van der Waals surface area contributed by atoms with Crippen molar-refractivity contribution < 1.29 is 32.9 Å². The summed E-state index contributed by atoms with van der Waals surface area (Å²) in [6.07, 6.45) is -6.65. The molecule has 0 aliphatic carbocycles. The quantitative estimate of drug-likeness (QED) is 0.522. The number of ether oxygens (including phenoxy) is 1. The SMILES string of the molecule is O=C(O)N[C@@H](Cc1ccccc1)[C@H](O)CNCc1ccc(OC(F)(F)F)cc1. The molecule has 0 spiro atoms. The van der Waals surface area contributed by atoms with E-state index in [1.807, 2.05) is 30.3 Å². The first-order valence-electron chi connectivity index (χ1n) is 8.50. The number of carboxylic acid groups (broad SMARTS) is 1. The van der Waals surface area contributed by atoms with Gasteiger partial charge in [-0.1, -0.05) is 42.5 Å². The van der Waals surface area contributed by atoms with Crippen molar-refractivity contribution >= 4 is 6.09 Å². The maximum absolute atomic E-state index is 12.1. The molecule has 9 heteroatoms. The molecule has 0 radical (unpaired) electrons. The number of rotatable bonds is 9. The number of halogens is 3. The van der Waals surface area contributed by atoms with Gasteiger partial charge in [0.05, 0.1) is 12.1 Å². The van der Waals surface area contributed by atoms with Crippen LogP contribution in [0.25, 0.3) is 0 Å². The highest BCUT2D eigenvalue weighted by molar-refractivity contribution is 5.65. The van der Waals surface area contributed by atoms with Gasteiger partial charge in [-0.2, -0.15) is 0 Å². The summed E-state index contributed by atoms with van der Waals surface area (Å²) in [6, 6.07) is 13.8. The summed E-state index contributed by atoms with van der Waals surface area (Å²) >= 11 is 0. The Bertz CT molecular complexity index is 739. The number of carbonyl (C=O) groups is 1. The van der Waals surface area contributed by atoms with E-state index in [-0.39, 0.29) is 18.8 Å². The highest BCUT2D eigenvalue weighted by Gasteiger charge is 2.30. The van der Waals surface area contributed by atoms with Crippen molar-refractivity contribution in [2.45, 2.75) is 31.5 Å². The molecule has 2 aromatic carbocycles. The van der Waals surface area contributed by atoms with Gasteiger partial charge in [0.2, 0.25) is 0 Å². The van der Waals surface area contributed by atoms with E-state index in [0.717, 1.165) is 5.56 Å². The van der Waals surface area contributed by atoms with Crippen LogP contribution < -0.4 is 15.4 Å². The second kappa shape index (κ2) is 9.95. The number of alkyl halides is 3. The average Bonchev–Trinajstić information content (AvgIpc) is 2.62. The normalized spacial score (nSPS) is 13.6. The minimum absolute atomic E-state index is 0.0958. The number of hydrogen-bond acceptors (Lipinski definition) is 4. The van der Waals surface area contributed by atoms with Crippen LogP contribution in [-0.4, -0.2) is 41.4 Å². The molecule has 2 rings (SSSR count). The van der Waals surface area contributed by atoms with E-state index in [1.54, 1.807) is 0 Å². The van der Waals surface area contributed by atoms with Crippen molar-refractivity contribution in [3.63, 3.8) is 0 Å². The first-order chi connectivity index (χ1) is 13.2. The Morgan fingerprint density at radius 3 is 2.25 bits per heavy atom. The van der Waals surface area contributed by atoms with Crippen LogP contribution in [0, 0.1) is 0 Å². The fraction of sp³-hybridized carbons (Fsp3) is 0.316. The summed E-state index contributed by atoms with van der Waals surface area (Å²) < 4.78 is 40.2. The van der Waals surface area contributed by atoms with Crippen molar-refractivity contribution in [1.29, 1.82) is 0 Å². The van der Waals surface area contributed by atoms with Gasteiger partial charge in [0.25, 0.3) is 0 Å². The van der Waals surface area contributed by atoms with Crippen LogP contribution in [0.1, 0.15) is 11.1 Å². The predicted molar refractivity (Wildman–Crippen MR) is 95.9 cm³/mol. The van der Waals surface area contributed by atoms with E-state index in [1.165, 1.54) is 24.3 Å². The number of amides is 1. The summed E-state index contributed by atoms with van der Waals surface area (Å²) in [5.41, 5.74) is 1.56. The lowest BCUT2D eigenvalue weighted by molar-refractivity contribution is -0.274. The highest BCUT2D eigenvalue weighted by atomic mass is 19.4. The van der Waals surface area contributed by atoms with Gasteiger partial charge in [-0.25, -0.2) is 4.79 Å². The van der Waals surface area contributed by atoms with Gasteiger partial charge in [0, 0.05) is 13.1 Å². The van der Waals surface area contributed by atoms with Crippen molar-refractivity contribution in [2.24, 2.45) is 0 Å². The van der Waals surface area contributed by atoms with Crippen molar-refractivity contribution in [3.8, 4) is 5.75 Å². The van der Waals surface area contributed by atoms with Crippen LogP contribution in [0.4, 0.5) is 18.0 Å². The van der Waals surface area contributed by atoms with E-state index in [9.17, 15) is 23.1 Å². The fourth-order valence-corrected chi connectivity index (χ4v) is 2.63. The molecule has 0 unspecified atom stereocenters. The van der Waals surface area contributed by atoms with Crippen LogP contribution in [0.3, 0.4) is 0 Å². The first-order valence-corrected chi connectivity index (χ1v) is 8.50. The Morgan fingerprint density at radius 1 is 1.04 bits per heavy atom. The zero-order valence-electron chi connectivity index (χ0n) is 14.8.